The average molecular weight is 299 g/mol. The van der Waals surface area contributed by atoms with E-state index < -0.39 is 6.29 Å². The van der Waals surface area contributed by atoms with Gasteiger partial charge in [0.1, 0.15) is 0 Å². The molecule has 1 saturated heterocycles. The van der Waals surface area contributed by atoms with Crippen molar-refractivity contribution in [3.8, 4) is 0 Å². The maximum Gasteiger partial charge on any atom is 0.410 e. The number of Topliss-reactive ketones (excluding diaryl/α,β-unsaturated/α-hetero) is 1. The molecule has 0 bridgehead atoms. The third kappa shape index (κ3) is 3.37. The highest BCUT2D eigenvalue weighted by atomic mass is 16.7. The summed E-state index contributed by atoms with van der Waals surface area (Å²) in [4.78, 5) is 26.1. The number of ketones is 1. The fourth-order valence-corrected chi connectivity index (χ4v) is 3.76. The SMILES string of the molecule is CCOC(=O)N1CC2CCCC2C1CC(=O)C(OC)OC. The minimum atomic E-state index is -0.852. The topological polar surface area (TPSA) is 65.1 Å². The monoisotopic (exact) mass is 299 g/mol. The Bertz CT molecular complexity index is 382. The molecule has 0 spiro atoms. The number of amides is 1. The van der Waals surface area contributed by atoms with E-state index in [2.05, 4.69) is 0 Å². The molecule has 1 heterocycles. The second-order valence-electron chi connectivity index (χ2n) is 5.75. The first kappa shape index (κ1) is 16.2. The van der Waals surface area contributed by atoms with Crippen molar-refractivity contribution in [2.45, 2.75) is 44.9 Å². The van der Waals surface area contributed by atoms with Crippen LogP contribution in [0.3, 0.4) is 0 Å². The molecule has 21 heavy (non-hydrogen) atoms. The Balaban J connectivity index is 2.07. The number of ether oxygens (including phenoxy) is 3. The number of methoxy groups -OCH3 is 2. The highest BCUT2D eigenvalue weighted by Crippen LogP contribution is 2.43. The van der Waals surface area contributed by atoms with Crippen LogP contribution in [0.1, 0.15) is 32.6 Å². The quantitative estimate of drug-likeness (QED) is 0.700. The van der Waals surface area contributed by atoms with Crippen LogP contribution < -0.4 is 0 Å². The number of rotatable bonds is 6. The molecule has 2 aliphatic rings. The smallest absolute Gasteiger partial charge is 0.410 e. The second kappa shape index (κ2) is 7.22. The first-order chi connectivity index (χ1) is 10.1. The van der Waals surface area contributed by atoms with Gasteiger partial charge in [-0.1, -0.05) is 6.42 Å². The summed E-state index contributed by atoms with van der Waals surface area (Å²) in [6.07, 6.45) is 2.48. The molecule has 0 aromatic rings. The lowest BCUT2D eigenvalue weighted by Crippen LogP contribution is -2.41. The lowest BCUT2D eigenvalue weighted by molar-refractivity contribution is -0.157. The fourth-order valence-electron chi connectivity index (χ4n) is 3.76. The zero-order valence-corrected chi connectivity index (χ0v) is 13.0. The normalized spacial score (nSPS) is 28.0. The fraction of sp³-hybridized carbons (Fsp3) is 0.867. The Labute approximate surface area is 125 Å². The van der Waals surface area contributed by atoms with Gasteiger partial charge in [-0.2, -0.15) is 0 Å². The third-order valence-corrected chi connectivity index (χ3v) is 4.65. The van der Waals surface area contributed by atoms with Crippen LogP contribution in [0.25, 0.3) is 0 Å². The molecule has 1 aliphatic heterocycles. The molecule has 0 aromatic carbocycles. The number of fused-ring (bicyclic) bond motifs is 1. The van der Waals surface area contributed by atoms with Crippen LogP contribution >= 0.6 is 0 Å². The van der Waals surface area contributed by atoms with E-state index in [1.54, 1.807) is 11.8 Å². The van der Waals surface area contributed by atoms with Gasteiger partial charge in [0.2, 0.25) is 6.29 Å². The molecule has 1 aliphatic carbocycles. The van der Waals surface area contributed by atoms with Crippen LogP contribution in [0.4, 0.5) is 4.79 Å². The standard InChI is InChI=1S/C15H25NO5/c1-4-21-15(18)16-9-10-6-5-7-11(10)12(16)8-13(17)14(19-2)20-3/h10-12,14H,4-9H2,1-3H3. The van der Waals surface area contributed by atoms with Crippen LogP contribution in [0.15, 0.2) is 0 Å². The van der Waals surface area contributed by atoms with Gasteiger partial charge in [0.25, 0.3) is 0 Å². The van der Waals surface area contributed by atoms with Crippen molar-refractivity contribution >= 4 is 11.9 Å². The van der Waals surface area contributed by atoms with Gasteiger partial charge in [-0.25, -0.2) is 4.79 Å². The highest BCUT2D eigenvalue weighted by molar-refractivity contribution is 5.83. The molecule has 0 radical (unpaired) electrons. The summed E-state index contributed by atoms with van der Waals surface area (Å²) in [6, 6.07) is -0.0863. The van der Waals surface area contributed by atoms with Gasteiger partial charge in [0, 0.05) is 33.2 Å². The van der Waals surface area contributed by atoms with Crippen LogP contribution in [-0.4, -0.2) is 56.5 Å². The van der Waals surface area contributed by atoms with Crippen molar-refractivity contribution in [3.63, 3.8) is 0 Å². The van der Waals surface area contributed by atoms with E-state index in [1.807, 2.05) is 0 Å². The van der Waals surface area contributed by atoms with E-state index in [0.29, 0.717) is 25.0 Å². The van der Waals surface area contributed by atoms with Crippen LogP contribution in [0.5, 0.6) is 0 Å². The molecular weight excluding hydrogens is 274 g/mol. The van der Waals surface area contributed by atoms with Crippen molar-refractivity contribution in [2.75, 3.05) is 27.4 Å². The van der Waals surface area contributed by atoms with Gasteiger partial charge < -0.3 is 19.1 Å². The van der Waals surface area contributed by atoms with Crippen molar-refractivity contribution in [1.29, 1.82) is 0 Å². The first-order valence-electron chi connectivity index (χ1n) is 7.64. The van der Waals surface area contributed by atoms with E-state index in [9.17, 15) is 9.59 Å². The van der Waals surface area contributed by atoms with Gasteiger partial charge in [0.15, 0.2) is 5.78 Å². The predicted octanol–water partition coefficient (Wildman–Crippen LogP) is 1.82. The first-order valence-corrected chi connectivity index (χ1v) is 7.64. The van der Waals surface area contributed by atoms with Crippen LogP contribution in [0.2, 0.25) is 0 Å². The zero-order chi connectivity index (χ0) is 15.4. The molecule has 1 saturated carbocycles. The van der Waals surface area contributed by atoms with Crippen molar-refractivity contribution in [2.24, 2.45) is 11.8 Å². The predicted molar refractivity (Wildman–Crippen MR) is 75.8 cm³/mol. The Hall–Kier alpha value is -1.14. The summed E-state index contributed by atoms with van der Waals surface area (Å²) < 4.78 is 15.2. The second-order valence-corrected chi connectivity index (χ2v) is 5.75. The Kier molecular flexibility index (Phi) is 5.58. The number of likely N-dealkylation sites (tertiary alicyclic amines) is 1. The van der Waals surface area contributed by atoms with Crippen molar-refractivity contribution < 1.29 is 23.8 Å². The Morgan fingerprint density at radius 1 is 1.24 bits per heavy atom. The van der Waals surface area contributed by atoms with Gasteiger partial charge in [-0.15, -0.1) is 0 Å². The molecule has 1 amide bonds. The minimum Gasteiger partial charge on any atom is -0.450 e. The summed E-state index contributed by atoms with van der Waals surface area (Å²) >= 11 is 0. The van der Waals surface area contributed by atoms with Gasteiger partial charge in [0.05, 0.1) is 6.61 Å². The molecular formula is C15H25NO5. The van der Waals surface area contributed by atoms with E-state index in [0.717, 1.165) is 12.8 Å². The summed E-state index contributed by atoms with van der Waals surface area (Å²) in [5.41, 5.74) is 0. The van der Waals surface area contributed by atoms with E-state index in [4.69, 9.17) is 14.2 Å². The summed E-state index contributed by atoms with van der Waals surface area (Å²) in [5, 5.41) is 0. The lowest BCUT2D eigenvalue weighted by atomic mass is 9.91. The van der Waals surface area contributed by atoms with E-state index in [1.165, 1.54) is 20.6 Å². The van der Waals surface area contributed by atoms with E-state index >= 15 is 0 Å². The zero-order valence-electron chi connectivity index (χ0n) is 13.0. The van der Waals surface area contributed by atoms with Crippen molar-refractivity contribution in [3.05, 3.63) is 0 Å². The highest BCUT2D eigenvalue weighted by Gasteiger charge is 2.47. The number of hydrogen-bond acceptors (Lipinski definition) is 5. The largest absolute Gasteiger partial charge is 0.450 e. The molecule has 0 aromatic heterocycles. The van der Waals surface area contributed by atoms with Gasteiger partial charge in [-0.05, 0) is 31.6 Å². The molecule has 3 unspecified atom stereocenters. The van der Waals surface area contributed by atoms with Crippen LogP contribution in [-0.2, 0) is 19.0 Å². The maximum absolute atomic E-state index is 12.2. The summed E-state index contributed by atoms with van der Waals surface area (Å²) in [7, 11) is 2.89. The Morgan fingerprint density at radius 2 is 1.95 bits per heavy atom. The van der Waals surface area contributed by atoms with Crippen LogP contribution in [0, 0.1) is 11.8 Å². The number of hydrogen-bond donors (Lipinski definition) is 0. The lowest BCUT2D eigenvalue weighted by Gasteiger charge is -2.27. The molecule has 2 fully saturated rings. The molecule has 0 N–H and O–H groups in total. The minimum absolute atomic E-state index is 0.0863. The van der Waals surface area contributed by atoms with Gasteiger partial charge >= 0.3 is 6.09 Å². The third-order valence-electron chi connectivity index (χ3n) is 4.65. The molecule has 6 nitrogen and oxygen atoms in total. The number of carbonyl (C=O) groups is 2. The summed E-state index contributed by atoms with van der Waals surface area (Å²) in [6.45, 7) is 2.84. The van der Waals surface area contributed by atoms with E-state index in [-0.39, 0.29) is 24.3 Å². The average Bonchev–Trinajstić information content (AvgIpc) is 3.03. The summed E-state index contributed by atoms with van der Waals surface area (Å²) in [5.74, 6) is 0.773. The Morgan fingerprint density at radius 3 is 2.57 bits per heavy atom. The molecule has 6 heteroatoms. The number of nitrogens with zero attached hydrogens (tertiary/aromatic N) is 1. The van der Waals surface area contributed by atoms with Crippen molar-refractivity contribution in [1.82, 2.24) is 4.90 Å². The molecule has 2 rings (SSSR count). The number of carbonyl (C=O) groups excluding carboxylic acids is 2. The maximum atomic E-state index is 12.2. The van der Waals surface area contributed by atoms with Gasteiger partial charge in [-0.3, -0.25) is 4.79 Å². The molecule has 3 atom stereocenters. The molecule has 120 valence electrons.